The molecule has 0 aromatic heterocycles. The number of amides is 1. The Bertz CT molecular complexity index is 1510. The van der Waals surface area contributed by atoms with Crippen LogP contribution in [0.15, 0.2) is 90.0 Å². The number of carbonyl (C=O) groups excluding carboxylic acids is 1. The Morgan fingerprint density at radius 3 is 2.34 bits per heavy atom. The van der Waals surface area contributed by atoms with Crippen molar-refractivity contribution in [1.29, 1.82) is 0 Å². The van der Waals surface area contributed by atoms with Crippen molar-refractivity contribution in [2.24, 2.45) is 5.10 Å². The smallest absolute Gasteiger partial charge is 0.267 e. The molecule has 4 aromatic rings. The number of nitrogens with one attached hydrogen (secondary N) is 1. The fourth-order valence-electron chi connectivity index (χ4n) is 3.80. The van der Waals surface area contributed by atoms with E-state index in [1.54, 1.807) is 36.5 Å². The van der Waals surface area contributed by atoms with Crippen LogP contribution in [-0.2, 0) is 16.6 Å². The highest BCUT2D eigenvalue weighted by atomic mass is 32.2. The maximum atomic E-state index is 12.6. The first-order valence-corrected chi connectivity index (χ1v) is 13.0. The predicted molar refractivity (Wildman–Crippen MR) is 142 cm³/mol. The third-order valence-corrected chi connectivity index (χ3v) is 7.05. The molecule has 0 saturated carbocycles. The van der Waals surface area contributed by atoms with E-state index in [4.69, 9.17) is 0 Å². The van der Waals surface area contributed by atoms with Crippen LogP contribution in [0, 0.1) is 13.8 Å². The topological polar surface area (TPSA) is 78.8 Å². The van der Waals surface area contributed by atoms with Gasteiger partial charge in [-0.15, -0.1) is 0 Å². The van der Waals surface area contributed by atoms with Crippen molar-refractivity contribution in [3.05, 3.63) is 113 Å². The normalized spacial score (nSPS) is 11.6. The molecule has 178 valence electrons. The molecule has 0 fully saturated rings. The van der Waals surface area contributed by atoms with Crippen LogP contribution in [0.5, 0.6) is 0 Å². The summed E-state index contributed by atoms with van der Waals surface area (Å²) in [6.45, 7) is 4.11. The van der Waals surface area contributed by atoms with Gasteiger partial charge in [0, 0.05) is 11.1 Å². The number of fused-ring (bicyclic) bond motifs is 1. The van der Waals surface area contributed by atoms with Gasteiger partial charge in [-0.25, -0.2) is 13.8 Å². The van der Waals surface area contributed by atoms with Crippen LogP contribution < -0.4 is 9.73 Å². The Morgan fingerprint density at radius 2 is 1.63 bits per heavy atom. The van der Waals surface area contributed by atoms with Gasteiger partial charge in [0.25, 0.3) is 5.91 Å². The van der Waals surface area contributed by atoms with E-state index in [-0.39, 0.29) is 12.5 Å². The summed E-state index contributed by atoms with van der Waals surface area (Å²) in [5.41, 5.74) is 7.40. The molecule has 1 amide bonds. The number of sulfonamides is 1. The Hall–Kier alpha value is -3.97. The standard InChI is InChI=1S/C28H27N3O3S/c1-20-11-16-26(17-21(20)2)31(35(3,33)34)19-22-12-14-24(15-13-22)28(32)30-29-18-25-9-6-8-23-7-4-5-10-27(23)25/h4-18H,19H2,1-3H3,(H,30,32)/b29-18+. The second-order valence-electron chi connectivity index (χ2n) is 8.50. The fraction of sp³-hybridized carbons (Fsp3) is 0.143. The number of hydrogen-bond donors (Lipinski definition) is 1. The average molecular weight is 486 g/mol. The Kier molecular flexibility index (Phi) is 6.98. The van der Waals surface area contributed by atoms with Gasteiger partial charge < -0.3 is 0 Å². The van der Waals surface area contributed by atoms with Crippen molar-refractivity contribution in [3.63, 3.8) is 0 Å². The van der Waals surface area contributed by atoms with Crippen LogP contribution in [0.3, 0.4) is 0 Å². The van der Waals surface area contributed by atoms with Crippen LogP contribution in [0.2, 0.25) is 0 Å². The summed E-state index contributed by atoms with van der Waals surface area (Å²) in [5.74, 6) is -0.345. The van der Waals surface area contributed by atoms with Gasteiger partial charge in [-0.2, -0.15) is 5.10 Å². The molecule has 0 aliphatic heterocycles. The van der Waals surface area contributed by atoms with Crippen molar-refractivity contribution < 1.29 is 13.2 Å². The number of nitrogens with zero attached hydrogens (tertiary/aromatic N) is 2. The lowest BCUT2D eigenvalue weighted by atomic mass is 10.1. The number of hydrogen-bond acceptors (Lipinski definition) is 4. The first kappa shape index (κ1) is 24.2. The quantitative estimate of drug-likeness (QED) is 0.289. The van der Waals surface area contributed by atoms with Crippen molar-refractivity contribution in [2.75, 3.05) is 10.6 Å². The molecule has 0 atom stereocenters. The van der Waals surface area contributed by atoms with Crippen LogP contribution in [0.25, 0.3) is 10.8 Å². The zero-order valence-electron chi connectivity index (χ0n) is 19.9. The summed E-state index contributed by atoms with van der Waals surface area (Å²) in [5, 5.41) is 6.27. The summed E-state index contributed by atoms with van der Waals surface area (Å²) in [4.78, 5) is 12.6. The fourth-order valence-corrected chi connectivity index (χ4v) is 4.68. The zero-order chi connectivity index (χ0) is 25.0. The number of anilines is 1. The lowest BCUT2D eigenvalue weighted by Gasteiger charge is -2.23. The SMILES string of the molecule is Cc1ccc(N(Cc2ccc(C(=O)N/N=C/c3cccc4ccccc34)cc2)S(C)(=O)=O)cc1C. The van der Waals surface area contributed by atoms with E-state index in [9.17, 15) is 13.2 Å². The maximum absolute atomic E-state index is 12.6. The molecule has 0 aliphatic carbocycles. The van der Waals surface area contributed by atoms with Gasteiger partial charge in [-0.05, 0) is 65.6 Å². The van der Waals surface area contributed by atoms with E-state index in [1.807, 2.05) is 68.4 Å². The minimum absolute atomic E-state index is 0.169. The number of carbonyl (C=O) groups is 1. The monoisotopic (exact) mass is 485 g/mol. The molecular formula is C28H27N3O3S. The second kappa shape index (κ2) is 10.1. The largest absolute Gasteiger partial charge is 0.271 e. The predicted octanol–water partition coefficient (Wildman–Crippen LogP) is 5.19. The van der Waals surface area contributed by atoms with Gasteiger partial charge in [0.2, 0.25) is 10.0 Å². The molecule has 1 N–H and O–H groups in total. The van der Waals surface area contributed by atoms with Crippen molar-refractivity contribution in [2.45, 2.75) is 20.4 Å². The van der Waals surface area contributed by atoms with E-state index < -0.39 is 10.0 Å². The Labute approximate surface area is 206 Å². The van der Waals surface area contributed by atoms with Gasteiger partial charge in [-0.3, -0.25) is 9.10 Å². The summed E-state index contributed by atoms with van der Waals surface area (Å²) >= 11 is 0. The van der Waals surface area contributed by atoms with E-state index in [0.717, 1.165) is 33.0 Å². The zero-order valence-corrected chi connectivity index (χ0v) is 20.7. The third kappa shape index (κ3) is 5.75. The molecular weight excluding hydrogens is 458 g/mol. The van der Waals surface area contributed by atoms with Gasteiger partial charge in [0.1, 0.15) is 0 Å². The average Bonchev–Trinajstić information content (AvgIpc) is 2.84. The summed E-state index contributed by atoms with van der Waals surface area (Å²) < 4.78 is 26.3. The van der Waals surface area contributed by atoms with Gasteiger partial charge in [-0.1, -0.05) is 60.7 Å². The summed E-state index contributed by atoms with van der Waals surface area (Å²) in [6.07, 6.45) is 2.82. The highest BCUT2D eigenvalue weighted by Gasteiger charge is 2.18. The van der Waals surface area contributed by atoms with Crippen LogP contribution in [0.1, 0.15) is 32.6 Å². The number of hydrazone groups is 1. The van der Waals surface area contributed by atoms with E-state index >= 15 is 0 Å². The molecule has 0 heterocycles. The molecule has 0 bridgehead atoms. The van der Waals surface area contributed by atoms with Crippen LogP contribution >= 0.6 is 0 Å². The first-order valence-electron chi connectivity index (χ1n) is 11.2. The van der Waals surface area contributed by atoms with Gasteiger partial charge in [0.15, 0.2) is 0 Å². The molecule has 4 aromatic carbocycles. The number of benzene rings is 4. The van der Waals surface area contributed by atoms with Gasteiger partial charge in [0.05, 0.1) is 24.7 Å². The summed E-state index contributed by atoms with van der Waals surface area (Å²) in [7, 11) is -3.49. The summed E-state index contributed by atoms with van der Waals surface area (Å²) in [6, 6.07) is 26.3. The molecule has 0 unspecified atom stereocenters. The lowest BCUT2D eigenvalue weighted by Crippen LogP contribution is -2.29. The molecule has 7 heteroatoms. The highest BCUT2D eigenvalue weighted by molar-refractivity contribution is 7.92. The lowest BCUT2D eigenvalue weighted by molar-refractivity contribution is 0.0955. The molecule has 35 heavy (non-hydrogen) atoms. The Balaban J connectivity index is 1.46. The first-order chi connectivity index (χ1) is 16.7. The molecule has 6 nitrogen and oxygen atoms in total. The Morgan fingerprint density at radius 1 is 0.914 bits per heavy atom. The molecule has 0 aliphatic rings. The second-order valence-corrected chi connectivity index (χ2v) is 10.4. The molecule has 0 spiro atoms. The van der Waals surface area contributed by atoms with E-state index in [1.165, 1.54) is 10.6 Å². The highest BCUT2D eigenvalue weighted by Crippen LogP contribution is 2.23. The minimum atomic E-state index is -3.49. The number of aryl methyl sites for hydroxylation is 2. The molecule has 4 rings (SSSR count). The van der Waals surface area contributed by atoms with Crippen molar-refractivity contribution in [1.82, 2.24) is 5.43 Å². The third-order valence-electron chi connectivity index (χ3n) is 5.91. The van der Waals surface area contributed by atoms with Crippen LogP contribution in [-0.4, -0.2) is 26.8 Å². The molecule has 0 saturated heterocycles. The van der Waals surface area contributed by atoms with Crippen molar-refractivity contribution >= 4 is 38.6 Å². The van der Waals surface area contributed by atoms with Crippen molar-refractivity contribution in [3.8, 4) is 0 Å². The minimum Gasteiger partial charge on any atom is -0.267 e. The van der Waals surface area contributed by atoms with E-state index in [0.29, 0.717) is 11.3 Å². The van der Waals surface area contributed by atoms with Gasteiger partial charge >= 0.3 is 0 Å². The van der Waals surface area contributed by atoms with E-state index in [2.05, 4.69) is 10.5 Å². The molecule has 0 radical (unpaired) electrons. The number of rotatable bonds is 7. The maximum Gasteiger partial charge on any atom is 0.271 e. The van der Waals surface area contributed by atoms with Crippen LogP contribution in [0.4, 0.5) is 5.69 Å².